The Kier molecular flexibility index (Phi) is 4.60. The van der Waals surface area contributed by atoms with Crippen LogP contribution in [0.25, 0.3) is 4.96 Å². The van der Waals surface area contributed by atoms with Gasteiger partial charge in [0, 0.05) is 20.7 Å². The van der Waals surface area contributed by atoms with E-state index in [2.05, 4.69) is 47.3 Å². The second-order valence-corrected chi connectivity index (χ2v) is 7.42. The first-order valence-corrected chi connectivity index (χ1v) is 9.04. The van der Waals surface area contributed by atoms with Gasteiger partial charge < -0.3 is 5.32 Å². The van der Waals surface area contributed by atoms with E-state index < -0.39 is 0 Å². The van der Waals surface area contributed by atoms with Crippen LogP contribution in [0.5, 0.6) is 0 Å². The molecule has 0 spiro atoms. The van der Waals surface area contributed by atoms with E-state index in [-0.39, 0.29) is 5.56 Å². The monoisotopic (exact) mass is 442 g/mol. The molecule has 0 aliphatic rings. The quantitative estimate of drug-likeness (QED) is 0.665. The number of anilines is 1. The van der Waals surface area contributed by atoms with Gasteiger partial charge >= 0.3 is 0 Å². The molecular weight excluding hydrogens is 432 g/mol. The third-order valence-corrected chi connectivity index (χ3v) is 5.27. The fraction of sp³-hybridized carbons (Fsp3) is 0.214. The minimum absolute atomic E-state index is 0.147. The fourth-order valence-corrected chi connectivity index (χ4v) is 3.55. The van der Waals surface area contributed by atoms with Crippen molar-refractivity contribution in [3.8, 4) is 0 Å². The average Bonchev–Trinajstić information content (AvgIpc) is 2.92. The zero-order chi connectivity index (χ0) is 15.7. The summed E-state index contributed by atoms with van der Waals surface area (Å²) in [6.07, 6.45) is 0.798. The molecule has 114 valence electrons. The summed E-state index contributed by atoms with van der Waals surface area (Å²) >= 11 is 8.38. The largest absolute Gasteiger partial charge is 0.378 e. The predicted molar refractivity (Wildman–Crippen MR) is 95.7 cm³/mol. The van der Waals surface area contributed by atoms with Crippen LogP contribution < -0.4 is 10.9 Å². The Bertz CT molecular complexity index is 890. The summed E-state index contributed by atoms with van der Waals surface area (Å²) in [7, 11) is 0. The lowest BCUT2D eigenvalue weighted by Crippen LogP contribution is -2.16. The highest BCUT2D eigenvalue weighted by Gasteiger charge is 2.08. The molecule has 2 aromatic heterocycles. The van der Waals surface area contributed by atoms with E-state index in [1.807, 2.05) is 25.1 Å². The van der Waals surface area contributed by atoms with E-state index in [4.69, 9.17) is 0 Å². The van der Waals surface area contributed by atoms with Crippen LogP contribution in [0.1, 0.15) is 17.6 Å². The smallest absolute Gasteiger partial charge is 0.275 e. The Hall–Kier alpha value is -1.25. The first kappa shape index (κ1) is 15.6. The molecular formula is C14H12Br2N4OS. The van der Waals surface area contributed by atoms with Crippen LogP contribution in [0.3, 0.4) is 0 Å². The highest BCUT2D eigenvalue weighted by molar-refractivity contribution is 9.11. The Morgan fingerprint density at radius 2 is 2.14 bits per heavy atom. The van der Waals surface area contributed by atoms with E-state index >= 15 is 0 Å². The topological polar surface area (TPSA) is 59.3 Å². The molecule has 0 atom stereocenters. The molecule has 1 N–H and O–H groups in total. The standard InChI is InChI=1S/C14H12Br2N4OS/c1-2-12-19-20-13(21)6-9(18-14(20)22-12)7-17-11-5-8(15)3-4-10(11)16/h3-6,17H,2,7H2,1H3. The maximum atomic E-state index is 12.1. The number of aryl methyl sites for hydroxylation is 1. The Morgan fingerprint density at radius 1 is 1.32 bits per heavy atom. The van der Waals surface area contributed by atoms with Gasteiger partial charge in [0.25, 0.3) is 5.56 Å². The maximum absolute atomic E-state index is 12.1. The van der Waals surface area contributed by atoms with Crippen LogP contribution in [0, 0.1) is 0 Å². The summed E-state index contributed by atoms with van der Waals surface area (Å²) in [6, 6.07) is 7.40. The minimum atomic E-state index is -0.147. The molecule has 0 amide bonds. The normalized spacial score (nSPS) is 11.0. The van der Waals surface area contributed by atoms with Gasteiger partial charge in [0.05, 0.1) is 12.2 Å². The van der Waals surface area contributed by atoms with Crippen molar-refractivity contribution in [1.29, 1.82) is 0 Å². The SMILES string of the molecule is CCc1nn2c(=O)cc(CNc3cc(Br)ccc3Br)nc2s1. The number of nitrogens with one attached hydrogen (secondary N) is 1. The molecule has 0 saturated carbocycles. The van der Waals surface area contributed by atoms with Gasteiger partial charge in [0.15, 0.2) is 0 Å². The van der Waals surface area contributed by atoms with E-state index in [1.165, 1.54) is 21.9 Å². The van der Waals surface area contributed by atoms with E-state index in [0.717, 1.165) is 26.1 Å². The van der Waals surface area contributed by atoms with Crippen molar-refractivity contribution in [3.63, 3.8) is 0 Å². The molecule has 0 unspecified atom stereocenters. The molecule has 3 aromatic rings. The molecule has 2 heterocycles. The summed E-state index contributed by atoms with van der Waals surface area (Å²) in [6.45, 7) is 2.48. The van der Waals surface area contributed by atoms with E-state index in [0.29, 0.717) is 17.2 Å². The van der Waals surface area contributed by atoms with Crippen molar-refractivity contribution < 1.29 is 0 Å². The lowest BCUT2D eigenvalue weighted by Gasteiger charge is -2.08. The predicted octanol–water partition coefficient (Wildman–Crippen LogP) is 3.85. The van der Waals surface area contributed by atoms with Crippen LogP contribution in [-0.2, 0) is 13.0 Å². The van der Waals surface area contributed by atoms with Gasteiger partial charge in [0.2, 0.25) is 4.96 Å². The van der Waals surface area contributed by atoms with Crippen molar-refractivity contribution in [2.24, 2.45) is 0 Å². The number of rotatable bonds is 4. The second-order valence-electron chi connectivity index (χ2n) is 4.61. The summed E-state index contributed by atoms with van der Waals surface area (Å²) in [5, 5.41) is 8.43. The molecule has 22 heavy (non-hydrogen) atoms. The second kappa shape index (κ2) is 6.47. The van der Waals surface area contributed by atoms with Gasteiger partial charge in [-0.25, -0.2) is 4.98 Å². The summed E-state index contributed by atoms with van der Waals surface area (Å²) in [4.78, 5) is 17.2. The number of benzene rings is 1. The van der Waals surface area contributed by atoms with Gasteiger partial charge in [-0.1, -0.05) is 34.2 Å². The van der Waals surface area contributed by atoms with Crippen molar-refractivity contribution in [2.45, 2.75) is 19.9 Å². The molecule has 1 aromatic carbocycles. The Balaban J connectivity index is 1.87. The van der Waals surface area contributed by atoms with Crippen molar-refractivity contribution in [2.75, 3.05) is 5.32 Å². The van der Waals surface area contributed by atoms with Gasteiger partial charge in [-0.05, 0) is 40.5 Å². The molecule has 0 saturated heterocycles. The average molecular weight is 444 g/mol. The van der Waals surface area contributed by atoms with Crippen LogP contribution in [-0.4, -0.2) is 14.6 Å². The third-order valence-electron chi connectivity index (χ3n) is 3.03. The molecule has 8 heteroatoms. The zero-order valence-electron chi connectivity index (χ0n) is 11.6. The van der Waals surface area contributed by atoms with Crippen molar-refractivity contribution in [3.05, 3.63) is 54.3 Å². The van der Waals surface area contributed by atoms with Crippen LogP contribution >= 0.6 is 43.2 Å². The van der Waals surface area contributed by atoms with Crippen molar-refractivity contribution in [1.82, 2.24) is 14.6 Å². The summed E-state index contributed by atoms with van der Waals surface area (Å²) in [5.41, 5.74) is 1.49. The highest BCUT2D eigenvalue weighted by Crippen LogP contribution is 2.26. The molecule has 0 bridgehead atoms. The molecule has 0 aliphatic carbocycles. The summed E-state index contributed by atoms with van der Waals surface area (Å²) < 4.78 is 3.30. The van der Waals surface area contributed by atoms with Gasteiger partial charge in [0.1, 0.15) is 5.01 Å². The van der Waals surface area contributed by atoms with E-state index in [9.17, 15) is 4.79 Å². The lowest BCUT2D eigenvalue weighted by atomic mass is 10.3. The highest BCUT2D eigenvalue weighted by atomic mass is 79.9. The molecule has 3 rings (SSSR count). The molecule has 0 radical (unpaired) electrons. The summed E-state index contributed by atoms with van der Waals surface area (Å²) in [5.74, 6) is 0. The van der Waals surface area contributed by atoms with E-state index in [1.54, 1.807) is 0 Å². The Morgan fingerprint density at radius 3 is 2.91 bits per heavy atom. The first-order chi connectivity index (χ1) is 10.6. The first-order valence-electron chi connectivity index (χ1n) is 6.64. The van der Waals surface area contributed by atoms with Gasteiger partial charge in [-0.2, -0.15) is 9.61 Å². The number of halogens is 2. The van der Waals surface area contributed by atoms with Gasteiger partial charge in [-0.15, -0.1) is 0 Å². The Labute approximate surface area is 147 Å². The zero-order valence-corrected chi connectivity index (χ0v) is 15.6. The lowest BCUT2D eigenvalue weighted by molar-refractivity contribution is 0.846. The number of fused-ring (bicyclic) bond motifs is 1. The molecule has 0 aliphatic heterocycles. The molecule has 5 nitrogen and oxygen atoms in total. The number of hydrogen-bond acceptors (Lipinski definition) is 5. The third kappa shape index (κ3) is 3.23. The van der Waals surface area contributed by atoms with Crippen molar-refractivity contribution >= 4 is 53.8 Å². The number of aromatic nitrogens is 3. The molecule has 0 fully saturated rings. The fourth-order valence-electron chi connectivity index (χ4n) is 1.95. The van der Waals surface area contributed by atoms with Crippen LogP contribution in [0.4, 0.5) is 5.69 Å². The number of hydrogen-bond donors (Lipinski definition) is 1. The van der Waals surface area contributed by atoms with Crippen LogP contribution in [0.2, 0.25) is 0 Å². The van der Waals surface area contributed by atoms with Gasteiger partial charge in [-0.3, -0.25) is 4.79 Å². The maximum Gasteiger partial charge on any atom is 0.275 e. The van der Waals surface area contributed by atoms with Crippen LogP contribution in [0.15, 0.2) is 38.0 Å². The minimum Gasteiger partial charge on any atom is -0.378 e. The number of nitrogens with zero attached hydrogens (tertiary/aromatic N) is 3.